The van der Waals surface area contributed by atoms with E-state index >= 15 is 0 Å². The van der Waals surface area contributed by atoms with Crippen molar-refractivity contribution in [3.63, 3.8) is 0 Å². The maximum Gasteiger partial charge on any atom is 0.315 e. The molecule has 6 nitrogen and oxygen atoms in total. The molecule has 148 valence electrons. The quantitative estimate of drug-likeness (QED) is 0.639. The fraction of sp³-hybridized carbons (Fsp3) is 0.316. The number of amides is 1. The number of carbonyl (C=O) groups excluding carboxylic acids is 1. The minimum absolute atomic E-state index is 0.150. The second kappa shape index (κ2) is 9.82. The summed E-state index contributed by atoms with van der Waals surface area (Å²) < 4.78 is 37.7. The van der Waals surface area contributed by atoms with Gasteiger partial charge in [-0.05, 0) is 17.2 Å². The molecule has 9 heteroatoms. The van der Waals surface area contributed by atoms with Crippen molar-refractivity contribution < 1.29 is 23.1 Å². The summed E-state index contributed by atoms with van der Waals surface area (Å²) in [6.45, 7) is -1.20. The fourth-order valence-corrected chi connectivity index (χ4v) is 2.55. The van der Waals surface area contributed by atoms with Gasteiger partial charge < -0.3 is 16.2 Å². The van der Waals surface area contributed by atoms with Gasteiger partial charge in [-0.15, -0.1) is 0 Å². The van der Waals surface area contributed by atoms with Crippen molar-refractivity contribution in [2.45, 2.75) is 31.0 Å². The number of aliphatic hydroxyl groups excluding tert-OH is 1. The maximum atomic E-state index is 13.1. The number of rotatable bonds is 8. The highest BCUT2D eigenvalue weighted by molar-refractivity contribution is 5.79. The molecule has 0 saturated heterocycles. The van der Waals surface area contributed by atoms with Crippen LogP contribution < -0.4 is 11.1 Å². The Hall–Kier alpha value is -2.96. The normalized spacial score (nSPS) is 14.2. The molecule has 0 aliphatic carbocycles. The van der Waals surface area contributed by atoms with Crippen LogP contribution >= 0.6 is 0 Å². The lowest BCUT2D eigenvalue weighted by Crippen LogP contribution is -2.43. The molecule has 0 bridgehead atoms. The van der Waals surface area contributed by atoms with E-state index in [-0.39, 0.29) is 12.0 Å². The van der Waals surface area contributed by atoms with Crippen molar-refractivity contribution in [1.82, 2.24) is 10.3 Å². The number of nitrogens with two attached hydrogens (primary N) is 1. The van der Waals surface area contributed by atoms with Crippen molar-refractivity contribution in [2.75, 3.05) is 6.67 Å². The van der Waals surface area contributed by atoms with Crippen LogP contribution in [-0.2, 0) is 4.79 Å². The second-order valence-electron chi connectivity index (χ2n) is 6.08. The van der Waals surface area contributed by atoms with Crippen LogP contribution in [0.15, 0.2) is 42.6 Å². The topological polar surface area (TPSA) is 112 Å². The number of carbonyl (C=O) groups is 1. The molecule has 2 aromatic rings. The summed E-state index contributed by atoms with van der Waals surface area (Å²) in [7, 11) is 0. The Kier molecular flexibility index (Phi) is 7.49. The monoisotopic (exact) mass is 392 g/mol. The third-order valence-electron chi connectivity index (χ3n) is 4.14. The molecule has 4 N–H and O–H groups in total. The van der Waals surface area contributed by atoms with Gasteiger partial charge in [-0.3, -0.25) is 9.78 Å². The van der Waals surface area contributed by atoms with Gasteiger partial charge in [-0.1, -0.05) is 30.3 Å². The highest BCUT2D eigenvalue weighted by atomic mass is 19.3. The molecular weight excluding hydrogens is 373 g/mol. The van der Waals surface area contributed by atoms with Gasteiger partial charge in [0.25, 0.3) is 5.91 Å². The Bertz CT molecular complexity index is 823. The maximum absolute atomic E-state index is 13.1. The highest BCUT2D eigenvalue weighted by Crippen LogP contribution is 2.24. The zero-order valence-corrected chi connectivity index (χ0v) is 14.7. The Labute approximate surface area is 159 Å². The number of hydrogen-bond donors (Lipinski definition) is 3. The number of nitriles is 1. The van der Waals surface area contributed by atoms with E-state index in [9.17, 15) is 23.1 Å². The van der Waals surface area contributed by atoms with Crippen LogP contribution in [0.2, 0.25) is 0 Å². The molecule has 0 aliphatic heterocycles. The second-order valence-corrected chi connectivity index (χ2v) is 6.08. The Balaban J connectivity index is 2.12. The van der Waals surface area contributed by atoms with Gasteiger partial charge in [0.15, 0.2) is 0 Å². The SMILES string of the molecule is N#CCC(N)c1ccc(-c2ccc(C(O)C(CF)NC(=O)C(F)F)cc2)cn1. The summed E-state index contributed by atoms with van der Waals surface area (Å²) in [5.41, 5.74) is 8.17. The standard InChI is InChI=1S/C19H19F3N4O2/c20-9-16(26-19(28)18(21)22)17(27)12-3-1-11(2-4-12)13-5-6-15(25-10-13)14(24)7-8-23/h1-6,10,14,16-18,27H,7,9,24H2,(H,26,28). The lowest BCUT2D eigenvalue weighted by Gasteiger charge is -2.22. The van der Waals surface area contributed by atoms with E-state index in [1.54, 1.807) is 35.8 Å². The van der Waals surface area contributed by atoms with Gasteiger partial charge in [-0.2, -0.15) is 14.0 Å². The van der Waals surface area contributed by atoms with E-state index in [2.05, 4.69) is 4.98 Å². The van der Waals surface area contributed by atoms with Gasteiger partial charge in [0.05, 0.1) is 30.3 Å². The van der Waals surface area contributed by atoms with E-state index in [1.807, 2.05) is 6.07 Å². The van der Waals surface area contributed by atoms with Crippen LogP contribution in [0.1, 0.15) is 29.8 Å². The molecule has 1 aromatic heterocycles. The summed E-state index contributed by atoms with van der Waals surface area (Å²) in [5.74, 6) is -1.64. The Morgan fingerprint density at radius 3 is 2.36 bits per heavy atom. The molecule has 0 aliphatic rings. The molecule has 2 rings (SSSR count). The summed E-state index contributed by atoms with van der Waals surface area (Å²) in [6.07, 6.45) is -3.03. The number of aliphatic hydroxyl groups is 1. The molecule has 1 heterocycles. The van der Waals surface area contributed by atoms with E-state index in [0.717, 1.165) is 11.1 Å². The van der Waals surface area contributed by atoms with Crippen LogP contribution in [0.25, 0.3) is 11.1 Å². The number of pyridine rings is 1. The van der Waals surface area contributed by atoms with Crippen LogP contribution in [-0.4, -0.2) is 35.1 Å². The van der Waals surface area contributed by atoms with Gasteiger partial charge in [-0.25, -0.2) is 4.39 Å². The molecule has 1 amide bonds. The first kappa shape index (κ1) is 21.3. The van der Waals surface area contributed by atoms with Crippen LogP contribution in [0.4, 0.5) is 13.2 Å². The third-order valence-corrected chi connectivity index (χ3v) is 4.14. The predicted octanol–water partition coefficient (Wildman–Crippen LogP) is 2.41. The van der Waals surface area contributed by atoms with E-state index in [4.69, 9.17) is 11.0 Å². The highest BCUT2D eigenvalue weighted by Gasteiger charge is 2.26. The van der Waals surface area contributed by atoms with E-state index < -0.39 is 37.2 Å². The number of aromatic nitrogens is 1. The van der Waals surface area contributed by atoms with Crippen LogP contribution in [0, 0.1) is 11.3 Å². The van der Waals surface area contributed by atoms with Gasteiger partial charge in [0.1, 0.15) is 12.8 Å². The van der Waals surface area contributed by atoms with Gasteiger partial charge >= 0.3 is 6.43 Å². The van der Waals surface area contributed by atoms with Gasteiger partial charge in [0, 0.05) is 11.8 Å². The predicted molar refractivity (Wildman–Crippen MR) is 95.7 cm³/mol. The molecule has 28 heavy (non-hydrogen) atoms. The van der Waals surface area contributed by atoms with Crippen molar-refractivity contribution in [3.05, 3.63) is 53.9 Å². The minimum atomic E-state index is -3.29. The number of nitrogens with one attached hydrogen (secondary N) is 1. The molecular formula is C19H19F3N4O2. The lowest BCUT2D eigenvalue weighted by atomic mass is 9.99. The van der Waals surface area contributed by atoms with Crippen LogP contribution in [0.5, 0.6) is 0 Å². The zero-order valence-electron chi connectivity index (χ0n) is 14.7. The number of hydrogen-bond acceptors (Lipinski definition) is 5. The van der Waals surface area contributed by atoms with E-state index in [1.165, 1.54) is 12.1 Å². The van der Waals surface area contributed by atoms with Crippen molar-refractivity contribution in [1.29, 1.82) is 5.26 Å². The van der Waals surface area contributed by atoms with Gasteiger partial charge in [0.2, 0.25) is 0 Å². The lowest BCUT2D eigenvalue weighted by molar-refractivity contribution is -0.133. The van der Waals surface area contributed by atoms with E-state index in [0.29, 0.717) is 5.69 Å². The number of halogens is 3. The Morgan fingerprint density at radius 1 is 1.21 bits per heavy atom. The average molecular weight is 392 g/mol. The molecule has 1 aromatic carbocycles. The zero-order chi connectivity index (χ0) is 20.7. The molecule has 3 unspecified atom stereocenters. The minimum Gasteiger partial charge on any atom is -0.386 e. The molecule has 0 radical (unpaired) electrons. The number of benzene rings is 1. The third kappa shape index (κ3) is 5.28. The van der Waals surface area contributed by atoms with Crippen molar-refractivity contribution in [3.8, 4) is 17.2 Å². The van der Waals surface area contributed by atoms with Crippen molar-refractivity contribution in [2.24, 2.45) is 5.73 Å². The smallest absolute Gasteiger partial charge is 0.315 e. The molecule has 0 saturated carbocycles. The molecule has 0 spiro atoms. The van der Waals surface area contributed by atoms with Crippen LogP contribution in [0.3, 0.4) is 0 Å². The Morgan fingerprint density at radius 2 is 1.86 bits per heavy atom. The number of nitrogens with zero attached hydrogens (tertiary/aromatic N) is 2. The summed E-state index contributed by atoms with van der Waals surface area (Å²) in [5, 5.41) is 20.6. The molecule has 3 atom stereocenters. The first-order valence-electron chi connectivity index (χ1n) is 8.38. The molecule has 0 fully saturated rings. The largest absolute Gasteiger partial charge is 0.386 e. The summed E-state index contributed by atoms with van der Waals surface area (Å²) in [6, 6.07) is 9.82. The summed E-state index contributed by atoms with van der Waals surface area (Å²) >= 11 is 0. The first-order chi connectivity index (χ1) is 13.4. The summed E-state index contributed by atoms with van der Waals surface area (Å²) in [4.78, 5) is 15.3. The number of alkyl halides is 3. The average Bonchev–Trinajstić information content (AvgIpc) is 2.71. The first-order valence-corrected chi connectivity index (χ1v) is 8.38. The van der Waals surface area contributed by atoms with Crippen molar-refractivity contribution >= 4 is 5.91 Å². The fourth-order valence-electron chi connectivity index (χ4n) is 2.55.